The summed E-state index contributed by atoms with van der Waals surface area (Å²) < 4.78 is 5.84. The number of rotatable bonds is 7. The van der Waals surface area contributed by atoms with Gasteiger partial charge in [0.15, 0.2) is 5.96 Å². The van der Waals surface area contributed by atoms with Crippen LogP contribution in [0.4, 0.5) is 0 Å². The first-order chi connectivity index (χ1) is 12.5. The largest absolute Gasteiger partial charge is 0.488 e. The maximum absolute atomic E-state index is 5.84. The highest BCUT2D eigenvalue weighted by molar-refractivity contribution is 5.79. The molecule has 0 radical (unpaired) electrons. The van der Waals surface area contributed by atoms with Gasteiger partial charge in [-0.2, -0.15) is 0 Å². The summed E-state index contributed by atoms with van der Waals surface area (Å²) in [4.78, 5) is 12.3. The molecule has 2 rings (SSSR count). The van der Waals surface area contributed by atoms with Gasteiger partial charge >= 0.3 is 0 Å². The highest BCUT2D eigenvalue weighted by atomic mass is 16.5. The van der Waals surface area contributed by atoms with E-state index in [0.717, 1.165) is 43.2 Å². The minimum atomic E-state index is -0.174. The van der Waals surface area contributed by atoms with Gasteiger partial charge in [0.1, 0.15) is 17.7 Å². The Morgan fingerprint density at radius 1 is 0.962 bits per heavy atom. The minimum Gasteiger partial charge on any atom is -0.488 e. The number of nitrogens with one attached hydrogen (secondary N) is 2. The standard InChI is InChI=1S/C20H29N5O/c1-20(2,3)26-18-7-5-16(6-8-18)9-11-24-19(21-4)25-12-10-17-13-22-15-23-14-17/h5-8,13-15H,9-12H2,1-4H3,(H2,21,24,25). The fourth-order valence-corrected chi connectivity index (χ4v) is 2.41. The Hall–Kier alpha value is -2.63. The predicted octanol–water partition coefficient (Wildman–Crippen LogP) is 2.60. The van der Waals surface area contributed by atoms with E-state index >= 15 is 0 Å². The van der Waals surface area contributed by atoms with Crippen molar-refractivity contribution in [3.05, 3.63) is 54.1 Å². The van der Waals surface area contributed by atoms with E-state index < -0.39 is 0 Å². The summed E-state index contributed by atoms with van der Waals surface area (Å²) in [6, 6.07) is 8.26. The van der Waals surface area contributed by atoms with E-state index in [1.54, 1.807) is 13.4 Å². The second-order valence-electron chi connectivity index (χ2n) is 7.03. The molecule has 0 aliphatic carbocycles. The molecule has 0 atom stereocenters. The second-order valence-corrected chi connectivity index (χ2v) is 7.03. The third-order valence-corrected chi connectivity index (χ3v) is 3.60. The minimum absolute atomic E-state index is 0.174. The van der Waals surface area contributed by atoms with Gasteiger partial charge in [0, 0.05) is 32.5 Å². The third kappa shape index (κ3) is 7.51. The molecule has 1 aromatic heterocycles. The summed E-state index contributed by atoms with van der Waals surface area (Å²) >= 11 is 0. The quantitative estimate of drug-likeness (QED) is 0.590. The molecule has 2 aromatic rings. The monoisotopic (exact) mass is 355 g/mol. The summed E-state index contributed by atoms with van der Waals surface area (Å²) in [7, 11) is 1.78. The third-order valence-electron chi connectivity index (χ3n) is 3.60. The van der Waals surface area contributed by atoms with Crippen molar-refractivity contribution in [2.24, 2.45) is 4.99 Å². The van der Waals surface area contributed by atoms with Crippen LogP contribution in [0.2, 0.25) is 0 Å². The van der Waals surface area contributed by atoms with E-state index in [1.165, 1.54) is 5.56 Å². The summed E-state index contributed by atoms with van der Waals surface area (Å²) in [6.07, 6.45) is 6.98. The molecular weight excluding hydrogens is 326 g/mol. The van der Waals surface area contributed by atoms with Crippen LogP contribution < -0.4 is 15.4 Å². The van der Waals surface area contributed by atoms with Crippen molar-refractivity contribution >= 4 is 5.96 Å². The predicted molar refractivity (Wildman–Crippen MR) is 106 cm³/mol. The number of nitrogens with zero attached hydrogens (tertiary/aromatic N) is 3. The van der Waals surface area contributed by atoms with Gasteiger partial charge < -0.3 is 15.4 Å². The molecule has 0 amide bonds. The van der Waals surface area contributed by atoms with E-state index in [-0.39, 0.29) is 5.60 Å². The molecule has 0 saturated heterocycles. The van der Waals surface area contributed by atoms with E-state index in [2.05, 4.69) is 37.7 Å². The second kappa shape index (κ2) is 9.75. The number of hydrogen-bond donors (Lipinski definition) is 2. The van der Waals surface area contributed by atoms with Crippen molar-refractivity contribution in [3.8, 4) is 5.75 Å². The Labute approximate surface area is 156 Å². The zero-order valence-electron chi connectivity index (χ0n) is 16.1. The molecule has 0 saturated carbocycles. The van der Waals surface area contributed by atoms with Crippen molar-refractivity contribution in [3.63, 3.8) is 0 Å². The number of hydrogen-bond acceptors (Lipinski definition) is 4. The number of aromatic nitrogens is 2. The van der Waals surface area contributed by atoms with Gasteiger partial charge in [0.25, 0.3) is 0 Å². The Bertz CT molecular complexity index is 678. The van der Waals surface area contributed by atoms with Gasteiger partial charge in [-0.05, 0) is 56.9 Å². The molecule has 0 spiro atoms. The lowest BCUT2D eigenvalue weighted by molar-refractivity contribution is 0.131. The van der Waals surface area contributed by atoms with Crippen LogP contribution >= 0.6 is 0 Å². The van der Waals surface area contributed by atoms with Crippen LogP contribution in [0.5, 0.6) is 5.75 Å². The van der Waals surface area contributed by atoms with Crippen molar-refractivity contribution in [2.75, 3.05) is 20.1 Å². The van der Waals surface area contributed by atoms with Crippen molar-refractivity contribution in [1.82, 2.24) is 20.6 Å². The van der Waals surface area contributed by atoms with Gasteiger partial charge in [-0.25, -0.2) is 9.97 Å². The van der Waals surface area contributed by atoms with Crippen LogP contribution in [0, 0.1) is 0 Å². The van der Waals surface area contributed by atoms with E-state index in [4.69, 9.17) is 4.74 Å². The number of benzene rings is 1. The highest BCUT2D eigenvalue weighted by Gasteiger charge is 2.11. The average molecular weight is 355 g/mol. The number of aliphatic imine (C=N–C) groups is 1. The first-order valence-electron chi connectivity index (χ1n) is 8.92. The molecule has 0 bridgehead atoms. The Balaban J connectivity index is 1.70. The van der Waals surface area contributed by atoms with Crippen molar-refractivity contribution < 1.29 is 4.74 Å². The molecule has 0 aliphatic heterocycles. The normalized spacial score (nSPS) is 11.9. The molecular formula is C20H29N5O. The molecule has 140 valence electrons. The smallest absolute Gasteiger partial charge is 0.190 e. The fraction of sp³-hybridized carbons (Fsp3) is 0.450. The van der Waals surface area contributed by atoms with Crippen LogP contribution in [0.3, 0.4) is 0 Å². The van der Waals surface area contributed by atoms with Gasteiger partial charge in [-0.3, -0.25) is 4.99 Å². The van der Waals surface area contributed by atoms with Crippen LogP contribution in [0.1, 0.15) is 31.9 Å². The summed E-state index contributed by atoms with van der Waals surface area (Å²) in [5, 5.41) is 6.64. The summed E-state index contributed by atoms with van der Waals surface area (Å²) in [5.41, 5.74) is 2.19. The maximum Gasteiger partial charge on any atom is 0.190 e. The lowest BCUT2D eigenvalue weighted by Gasteiger charge is -2.21. The maximum atomic E-state index is 5.84. The molecule has 0 fully saturated rings. The molecule has 0 aliphatic rings. The first-order valence-corrected chi connectivity index (χ1v) is 8.92. The van der Waals surface area contributed by atoms with Gasteiger partial charge in [-0.15, -0.1) is 0 Å². The zero-order valence-corrected chi connectivity index (χ0v) is 16.1. The first kappa shape index (κ1) is 19.7. The zero-order chi connectivity index (χ0) is 18.8. The van der Waals surface area contributed by atoms with Crippen LogP contribution in [-0.4, -0.2) is 41.7 Å². The van der Waals surface area contributed by atoms with Crippen LogP contribution in [0.25, 0.3) is 0 Å². The lowest BCUT2D eigenvalue weighted by Crippen LogP contribution is -2.39. The molecule has 1 aromatic carbocycles. The highest BCUT2D eigenvalue weighted by Crippen LogP contribution is 2.18. The van der Waals surface area contributed by atoms with Crippen LogP contribution in [0.15, 0.2) is 48.0 Å². The lowest BCUT2D eigenvalue weighted by atomic mass is 10.1. The van der Waals surface area contributed by atoms with Gasteiger partial charge in [-0.1, -0.05) is 12.1 Å². The van der Waals surface area contributed by atoms with Gasteiger partial charge in [0.05, 0.1) is 0 Å². The SMILES string of the molecule is CN=C(NCCc1ccc(OC(C)(C)C)cc1)NCCc1cncnc1. The molecule has 1 heterocycles. The van der Waals surface area contributed by atoms with E-state index in [9.17, 15) is 0 Å². The Morgan fingerprint density at radius 3 is 2.08 bits per heavy atom. The number of guanidine groups is 1. The fourth-order valence-electron chi connectivity index (χ4n) is 2.41. The molecule has 0 unspecified atom stereocenters. The number of ether oxygens (including phenoxy) is 1. The molecule has 26 heavy (non-hydrogen) atoms. The topological polar surface area (TPSA) is 71.4 Å². The average Bonchev–Trinajstić information content (AvgIpc) is 2.61. The van der Waals surface area contributed by atoms with Crippen LogP contribution in [-0.2, 0) is 12.8 Å². The van der Waals surface area contributed by atoms with Crippen molar-refractivity contribution in [1.29, 1.82) is 0 Å². The molecule has 6 nitrogen and oxygen atoms in total. The van der Waals surface area contributed by atoms with E-state index in [0.29, 0.717) is 0 Å². The summed E-state index contributed by atoms with van der Waals surface area (Å²) in [5.74, 6) is 1.70. The van der Waals surface area contributed by atoms with Crippen molar-refractivity contribution in [2.45, 2.75) is 39.2 Å². The summed E-state index contributed by atoms with van der Waals surface area (Å²) in [6.45, 7) is 7.75. The van der Waals surface area contributed by atoms with Gasteiger partial charge in [0.2, 0.25) is 0 Å². The Kier molecular flexibility index (Phi) is 7.38. The Morgan fingerprint density at radius 2 is 1.54 bits per heavy atom. The molecule has 6 heteroatoms. The molecule has 2 N–H and O–H groups in total. The van der Waals surface area contributed by atoms with E-state index in [1.807, 2.05) is 45.3 Å².